The van der Waals surface area contributed by atoms with E-state index in [2.05, 4.69) is 23.8 Å². The van der Waals surface area contributed by atoms with Crippen LogP contribution in [0.15, 0.2) is 18.2 Å². The van der Waals surface area contributed by atoms with Crippen molar-refractivity contribution < 1.29 is 38.5 Å². The van der Waals surface area contributed by atoms with Crippen LogP contribution in [0.3, 0.4) is 0 Å². The molecule has 0 aliphatic carbocycles. The van der Waals surface area contributed by atoms with Crippen LogP contribution >= 0.6 is 11.6 Å². The molecule has 3 aromatic rings. The van der Waals surface area contributed by atoms with Crippen molar-refractivity contribution in [3.8, 4) is 6.07 Å². The summed E-state index contributed by atoms with van der Waals surface area (Å²) in [5.74, 6) is -3.95. The molecule has 3 aromatic heterocycles. The number of H-pyrrole nitrogens is 2. The number of aryl methyl sites for hydroxylation is 3. The molecule has 68 heavy (non-hydrogen) atoms. The van der Waals surface area contributed by atoms with Crippen molar-refractivity contribution >= 4 is 29.5 Å². The Morgan fingerprint density at radius 1 is 0.544 bits per heavy atom. The zero-order valence-electron chi connectivity index (χ0n) is 42.3. The molecule has 0 unspecified atom stereocenters. The van der Waals surface area contributed by atoms with E-state index >= 15 is 0 Å². The molecule has 0 bridgehead atoms. The van der Waals surface area contributed by atoms with Gasteiger partial charge in [-0.2, -0.15) is 5.26 Å². The van der Waals surface area contributed by atoms with Crippen LogP contribution in [0.25, 0.3) is 0 Å². The Kier molecular flexibility index (Phi) is 37.1. The third-order valence-corrected chi connectivity index (χ3v) is 12.9. The summed E-state index contributed by atoms with van der Waals surface area (Å²) >= 11 is 5.98. The van der Waals surface area contributed by atoms with Gasteiger partial charge in [0.1, 0.15) is 17.5 Å². The average Bonchev–Trinajstić information content (AvgIpc) is 4.00. The number of carbonyl (C=O) groups is 3. The van der Waals surface area contributed by atoms with Crippen molar-refractivity contribution in [2.45, 2.75) is 239 Å². The molecule has 0 fully saturated rings. The zero-order chi connectivity index (χ0) is 50.2. The first-order valence-corrected chi connectivity index (χ1v) is 26.9. The Hall–Kier alpha value is -4.11. The third-order valence-electron chi connectivity index (χ3n) is 12.7. The van der Waals surface area contributed by atoms with Crippen molar-refractivity contribution in [1.29, 1.82) is 5.26 Å². The van der Waals surface area contributed by atoms with Gasteiger partial charge in [0.05, 0.1) is 17.3 Å². The molecule has 0 atom stereocenters. The lowest BCUT2D eigenvalue weighted by Crippen LogP contribution is -2.07. The molecular formula is C55H89ClF2N4O6. The number of hydrogen-bond acceptors (Lipinski definition) is 4. The number of rotatable bonds is 39. The van der Waals surface area contributed by atoms with Crippen molar-refractivity contribution in [2.24, 2.45) is 7.05 Å². The molecule has 0 aliphatic heterocycles. The number of carboxylic acids is 3. The number of alkyl halides is 1. The molecular weight excluding hydrogens is 886 g/mol. The number of carboxylic acid groups (broad SMARTS) is 3. The van der Waals surface area contributed by atoms with Crippen molar-refractivity contribution in [3.05, 3.63) is 68.8 Å². The number of aromatic nitrogens is 3. The summed E-state index contributed by atoms with van der Waals surface area (Å²) in [6.07, 6.45) is 41.9. The smallest absolute Gasteiger partial charge is 0.355 e. The Bertz CT molecular complexity index is 1820. The predicted molar refractivity (Wildman–Crippen MR) is 274 cm³/mol. The largest absolute Gasteiger partial charge is 0.477 e. The van der Waals surface area contributed by atoms with Crippen LogP contribution in [-0.4, -0.2) is 54.4 Å². The Balaban J connectivity index is 0.000000511. The van der Waals surface area contributed by atoms with Gasteiger partial charge in [-0.3, -0.25) is 4.39 Å². The minimum Gasteiger partial charge on any atom is -0.477 e. The molecule has 5 N–H and O–H groups in total. The van der Waals surface area contributed by atoms with Gasteiger partial charge in [-0.15, -0.1) is 0 Å². The first-order chi connectivity index (χ1) is 32.9. The molecule has 0 aromatic carbocycles. The molecule has 3 rings (SSSR count). The molecule has 0 saturated carbocycles. The molecule has 0 saturated heterocycles. The molecule has 13 heteroatoms. The van der Waals surface area contributed by atoms with Gasteiger partial charge in [0, 0.05) is 24.1 Å². The van der Waals surface area contributed by atoms with E-state index < -0.39 is 23.7 Å². The predicted octanol–water partition coefficient (Wildman–Crippen LogP) is 16.9. The maximum Gasteiger partial charge on any atom is 0.355 e. The van der Waals surface area contributed by atoms with E-state index in [9.17, 15) is 23.2 Å². The average molecular weight is 976 g/mol. The summed E-state index contributed by atoms with van der Waals surface area (Å²) in [6.45, 7) is 4.31. The van der Waals surface area contributed by atoms with E-state index in [0.29, 0.717) is 23.6 Å². The van der Waals surface area contributed by atoms with Crippen molar-refractivity contribution in [1.82, 2.24) is 14.5 Å². The second-order valence-corrected chi connectivity index (χ2v) is 19.0. The second-order valence-electron chi connectivity index (χ2n) is 18.6. The molecule has 0 radical (unpaired) electrons. The van der Waals surface area contributed by atoms with Gasteiger partial charge >= 0.3 is 17.9 Å². The fourth-order valence-electron chi connectivity index (χ4n) is 8.55. The van der Waals surface area contributed by atoms with E-state index in [1.54, 1.807) is 23.7 Å². The standard InChI is InChI=1S/C19H31F2NO2.C18H30ClNO2.C18H28N2O2/c20-14-12-10-8-6-4-2-1-3-5-7-9-11-13-16-15-17(21)18(22-16)19(23)24;1-3-4-5-6-7-8-9-10-11-12-13-15-14-16(19)17(18(21)22)20(15)2;1-2-3-4-5-6-7-8-9-10-11-12-16-13-15(14-19)17(20-16)18(21)22/h15,22H,1-14H2,(H,23,24);14H,3-13H2,1-2H3,(H,21,22);13,20H,2-12H2,1H3,(H,21,22). The highest BCUT2D eigenvalue weighted by molar-refractivity contribution is 6.33. The summed E-state index contributed by atoms with van der Waals surface area (Å²) in [4.78, 5) is 38.3. The Morgan fingerprint density at radius 3 is 1.22 bits per heavy atom. The van der Waals surface area contributed by atoms with Crippen LogP contribution in [0.2, 0.25) is 5.02 Å². The lowest BCUT2D eigenvalue weighted by Gasteiger charge is -2.05. The van der Waals surface area contributed by atoms with Crippen LogP contribution in [-0.2, 0) is 26.3 Å². The zero-order valence-corrected chi connectivity index (χ0v) is 43.0. The minimum absolute atomic E-state index is 0.0181. The SMILES string of the molecule is CCCCCCCCCCCCc1cc(C#N)c(C(=O)O)[nH]1.CCCCCCCCCCCCc1cc(Cl)c(C(=O)O)n1C.O=C(O)c1[nH]c(CCCCCCCCCCCCCCF)cc1F. The highest BCUT2D eigenvalue weighted by atomic mass is 35.5. The first kappa shape index (κ1) is 61.9. The quantitative estimate of drug-likeness (QED) is 0.0354. The van der Waals surface area contributed by atoms with E-state index in [-0.39, 0.29) is 29.3 Å². The van der Waals surface area contributed by atoms with Crippen LogP contribution in [0.5, 0.6) is 0 Å². The molecule has 386 valence electrons. The fraction of sp³-hybridized carbons (Fsp3) is 0.709. The first-order valence-electron chi connectivity index (χ1n) is 26.5. The van der Waals surface area contributed by atoms with Crippen molar-refractivity contribution in [2.75, 3.05) is 6.67 Å². The molecule has 0 aliphatic rings. The normalized spacial score (nSPS) is 10.9. The Labute approximate surface area is 413 Å². The second kappa shape index (κ2) is 40.7. The summed E-state index contributed by atoms with van der Waals surface area (Å²) in [6, 6.07) is 6.67. The summed E-state index contributed by atoms with van der Waals surface area (Å²) in [5, 5.41) is 36.1. The van der Waals surface area contributed by atoms with E-state index in [1.807, 2.05) is 6.07 Å². The number of unbranched alkanes of at least 4 members (excludes halogenated alkanes) is 29. The number of nitriles is 1. The fourth-order valence-corrected chi connectivity index (χ4v) is 8.88. The van der Waals surface area contributed by atoms with Crippen LogP contribution in [0, 0.1) is 17.1 Å². The van der Waals surface area contributed by atoms with Gasteiger partial charge < -0.3 is 29.9 Å². The third kappa shape index (κ3) is 29.0. The van der Waals surface area contributed by atoms with E-state index in [1.165, 1.54) is 160 Å². The number of nitrogens with zero attached hydrogens (tertiary/aromatic N) is 2. The van der Waals surface area contributed by atoms with Crippen molar-refractivity contribution in [3.63, 3.8) is 0 Å². The minimum atomic E-state index is -1.25. The monoisotopic (exact) mass is 975 g/mol. The van der Waals surface area contributed by atoms with Gasteiger partial charge in [0.25, 0.3) is 0 Å². The van der Waals surface area contributed by atoms with Gasteiger partial charge in [0.2, 0.25) is 0 Å². The number of halogens is 3. The number of nitrogens with one attached hydrogen (secondary N) is 2. The number of hydrogen-bond donors (Lipinski definition) is 5. The highest BCUT2D eigenvalue weighted by Crippen LogP contribution is 2.23. The van der Waals surface area contributed by atoms with Crippen LogP contribution in [0.4, 0.5) is 8.78 Å². The van der Waals surface area contributed by atoms with E-state index in [0.717, 1.165) is 69.2 Å². The number of aromatic amines is 2. The summed E-state index contributed by atoms with van der Waals surface area (Å²) in [5.41, 5.74) is 2.64. The summed E-state index contributed by atoms with van der Waals surface area (Å²) < 4.78 is 26.9. The van der Waals surface area contributed by atoms with Gasteiger partial charge in [-0.25, -0.2) is 18.8 Å². The van der Waals surface area contributed by atoms with Crippen LogP contribution < -0.4 is 0 Å². The van der Waals surface area contributed by atoms with Crippen LogP contribution in [0.1, 0.15) is 273 Å². The maximum atomic E-state index is 13.3. The van der Waals surface area contributed by atoms with Gasteiger partial charge in [0.15, 0.2) is 11.5 Å². The number of aromatic carboxylic acids is 3. The molecule has 0 amide bonds. The Morgan fingerprint density at radius 2 is 0.897 bits per heavy atom. The lowest BCUT2D eigenvalue weighted by molar-refractivity contribution is 0.0675. The van der Waals surface area contributed by atoms with Gasteiger partial charge in [-0.1, -0.05) is 205 Å². The molecule has 3 heterocycles. The lowest BCUT2D eigenvalue weighted by atomic mass is 10.0. The molecule has 0 spiro atoms. The topological polar surface area (TPSA) is 172 Å². The maximum absolute atomic E-state index is 13.3. The van der Waals surface area contributed by atoms with Gasteiger partial charge in [-0.05, 0) is 63.1 Å². The molecule has 10 nitrogen and oxygen atoms in total. The summed E-state index contributed by atoms with van der Waals surface area (Å²) in [7, 11) is 1.78. The highest BCUT2D eigenvalue weighted by Gasteiger charge is 2.17. The van der Waals surface area contributed by atoms with E-state index in [4.69, 9.17) is 32.2 Å².